The third-order valence-electron chi connectivity index (χ3n) is 4.39. The van der Waals surface area contributed by atoms with Crippen LogP contribution in [0.1, 0.15) is 35.6 Å². The normalized spacial score (nSPS) is 18.9. The Morgan fingerprint density at radius 1 is 1.29 bits per heavy atom. The first-order chi connectivity index (χ1) is 10.3. The van der Waals surface area contributed by atoms with E-state index in [0.717, 1.165) is 25.0 Å². The van der Waals surface area contributed by atoms with E-state index in [-0.39, 0.29) is 6.04 Å². The molecule has 0 saturated heterocycles. The van der Waals surface area contributed by atoms with Crippen molar-refractivity contribution >= 4 is 0 Å². The van der Waals surface area contributed by atoms with Gasteiger partial charge < -0.3 is 10.5 Å². The fourth-order valence-corrected chi connectivity index (χ4v) is 3.24. The van der Waals surface area contributed by atoms with Gasteiger partial charge in [-0.2, -0.15) is 0 Å². The van der Waals surface area contributed by atoms with E-state index in [2.05, 4.69) is 23.2 Å². The van der Waals surface area contributed by atoms with Gasteiger partial charge in [-0.25, -0.2) is 0 Å². The second kappa shape index (κ2) is 6.27. The smallest absolute Gasteiger partial charge is 0.118 e. The van der Waals surface area contributed by atoms with Crippen LogP contribution in [-0.4, -0.2) is 18.1 Å². The standard InChI is InChI=1S/C18H22N2O/c1-21-15-9-7-13(8-10-15)12-17(19)16-6-2-4-14-5-3-11-20-18(14)16/h3,5,7-11,16-17H,2,4,6,12,19H2,1H3. The molecule has 3 rings (SSSR count). The molecule has 2 atom stereocenters. The van der Waals surface area contributed by atoms with Crippen molar-refractivity contribution in [3.05, 3.63) is 59.4 Å². The molecule has 1 aromatic heterocycles. The Morgan fingerprint density at radius 2 is 2.10 bits per heavy atom. The van der Waals surface area contributed by atoms with Crippen molar-refractivity contribution in [2.75, 3.05) is 7.11 Å². The van der Waals surface area contributed by atoms with E-state index in [1.807, 2.05) is 24.4 Å². The maximum Gasteiger partial charge on any atom is 0.118 e. The molecule has 0 aliphatic heterocycles. The summed E-state index contributed by atoms with van der Waals surface area (Å²) in [6.07, 6.45) is 6.25. The van der Waals surface area contributed by atoms with Crippen molar-refractivity contribution in [1.29, 1.82) is 0 Å². The molecule has 21 heavy (non-hydrogen) atoms. The summed E-state index contributed by atoms with van der Waals surface area (Å²) in [6.45, 7) is 0. The van der Waals surface area contributed by atoms with Gasteiger partial charge in [-0.05, 0) is 55.0 Å². The molecular formula is C18H22N2O. The highest BCUT2D eigenvalue weighted by atomic mass is 16.5. The summed E-state index contributed by atoms with van der Waals surface area (Å²) in [7, 11) is 1.69. The van der Waals surface area contributed by atoms with Crippen LogP contribution in [0, 0.1) is 0 Å². The van der Waals surface area contributed by atoms with Gasteiger partial charge in [0.15, 0.2) is 0 Å². The topological polar surface area (TPSA) is 48.1 Å². The van der Waals surface area contributed by atoms with Crippen LogP contribution < -0.4 is 10.5 Å². The molecule has 3 heteroatoms. The van der Waals surface area contributed by atoms with Crippen LogP contribution in [0.15, 0.2) is 42.6 Å². The Hall–Kier alpha value is -1.87. The van der Waals surface area contributed by atoms with Gasteiger partial charge in [0.1, 0.15) is 5.75 Å². The Kier molecular flexibility index (Phi) is 4.20. The molecule has 0 saturated carbocycles. The van der Waals surface area contributed by atoms with Crippen molar-refractivity contribution in [3.63, 3.8) is 0 Å². The molecule has 0 fully saturated rings. The molecule has 1 aliphatic carbocycles. The van der Waals surface area contributed by atoms with Crippen molar-refractivity contribution in [2.45, 2.75) is 37.6 Å². The lowest BCUT2D eigenvalue weighted by Crippen LogP contribution is -2.33. The SMILES string of the molecule is COc1ccc(CC(N)C2CCCc3cccnc32)cc1. The number of aromatic nitrogens is 1. The highest BCUT2D eigenvalue weighted by Crippen LogP contribution is 2.32. The van der Waals surface area contributed by atoms with Crippen molar-refractivity contribution in [3.8, 4) is 5.75 Å². The highest BCUT2D eigenvalue weighted by Gasteiger charge is 2.26. The number of methoxy groups -OCH3 is 1. The minimum atomic E-state index is 0.118. The molecule has 2 unspecified atom stereocenters. The first-order valence-electron chi connectivity index (χ1n) is 7.60. The van der Waals surface area contributed by atoms with Crippen LogP contribution in [-0.2, 0) is 12.8 Å². The molecule has 3 nitrogen and oxygen atoms in total. The number of aryl methyl sites for hydroxylation is 1. The molecule has 0 radical (unpaired) electrons. The van der Waals surface area contributed by atoms with E-state index in [4.69, 9.17) is 10.5 Å². The van der Waals surface area contributed by atoms with Gasteiger partial charge >= 0.3 is 0 Å². The van der Waals surface area contributed by atoms with Crippen molar-refractivity contribution < 1.29 is 4.74 Å². The van der Waals surface area contributed by atoms with Crippen molar-refractivity contribution in [1.82, 2.24) is 4.98 Å². The number of rotatable bonds is 4. The molecule has 0 spiro atoms. The summed E-state index contributed by atoms with van der Waals surface area (Å²) in [4.78, 5) is 4.59. The highest BCUT2D eigenvalue weighted by molar-refractivity contribution is 5.30. The zero-order valence-corrected chi connectivity index (χ0v) is 12.5. The third kappa shape index (κ3) is 3.08. The quantitative estimate of drug-likeness (QED) is 0.937. The molecular weight excluding hydrogens is 260 g/mol. The van der Waals surface area contributed by atoms with Crippen LogP contribution in [0.4, 0.5) is 0 Å². The number of nitrogens with two attached hydrogens (primary N) is 1. The second-order valence-corrected chi connectivity index (χ2v) is 5.76. The number of hydrogen-bond donors (Lipinski definition) is 1. The fourth-order valence-electron chi connectivity index (χ4n) is 3.24. The van der Waals surface area contributed by atoms with Crippen LogP contribution in [0.25, 0.3) is 0 Å². The average Bonchev–Trinajstić information content (AvgIpc) is 2.55. The van der Waals surface area contributed by atoms with Gasteiger partial charge in [0.25, 0.3) is 0 Å². The van der Waals surface area contributed by atoms with E-state index < -0.39 is 0 Å². The number of benzene rings is 1. The van der Waals surface area contributed by atoms with Gasteiger partial charge in [-0.1, -0.05) is 18.2 Å². The fraction of sp³-hybridized carbons (Fsp3) is 0.389. The third-order valence-corrected chi connectivity index (χ3v) is 4.39. The summed E-state index contributed by atoms with van der Waals surface area (Å²) in [5, 5.41) is 0. The zero-order chi connectivity index (χ0) is 14.7. The number of fused-ring (bicyclic) bond motifs is 1. The summed E-state index contributed by atoms with van der Waals surface area (Å²) >= 11 is 0. The van der Waals surface area contributed by atoms with Crippen LogP contribution in [0.3, 0.4) is 0 Å². The maximum absolute atomic E-state index is 6.49. The Bertz CT molecular complexity index is 594. The number of hydrogen-bond acceptors (Lipinski definition) is 3. The van der Waals surface area contributed by atoms with Gasteiger partial charge in [-0.3, -0.25) is 4.98 Å². The zero-order valence-electron chi connectivity index (χ0n) is 12.5. The van der Waals surface area contributed by atoms with Crippen LogP contribution >= 0.6 is 0 Å². The Balaban J connectivity index is 1.75. The summed E-state index contributed by atoms with van der Waals surface area (Å²) in [5.74, 6) is 1.26. The monoisotopic (exact) mass is 282 g/mol. The van der Waals surface area contributed by atoms with E-state index in [9.17, 15) is 0 Å². The van der Waals surface area contributed by atoms with Gasteiger partial charge in [0.2, 0.25) is 0 Å². The largest absolute Gasteiger partial charge is 0.497 e. The number of ether oxygens (including phenoxy) is 1. The average molecular weight is 282 g/mol. The first-order valence-corrected chi connectivity index (χ1v) is 7.60. The lowest BCUT2D eigenvalue weighted by molar-refractivity contribution is 0.414. The molecule has 2 N–H and O–H groups in total. The summed E-state index contributed by atoms with van der Waals surface area (Å²) in [6, 6.07) is 12.5. The van der Waals surface area contributed by atoms with E-state index in [1.165, 1.54) is 23.2 Å². The first kappa shape index (κ1) is 14.1. The lowest BCUT2D eigenvalue weighted by Gasteiger charge is -2.29. The predicted molar refractivity (Wildman–Crippen MR) is 84.6 cm³/mol. The number of pyridine rings is 1. The maximum atomic E-state index is 6.49. The van der Waals surface area contributed by atoms with Crippen LogP contribution in [0.5, 0.6) is 5.75 Å². The minimum absolute atomic E-state index is 0.118. The molecule has 2 aromatic rings. The molecule has 1 aromatic carbocycles. The van der Waals surface area contributed by atoms with Crippen molar-refractivity contribution in [2.24, 2.45) is 5.73 Å². The van der Waals surface area contributed by atoms with Crippen LogP contribution in [0.2, 0.25) is 0 Å². The Labute approximate surface area is 126 Å². The van der Waals surface area contributed by atoms with E-state index >= 15 is 0 Å². The van der Waals surface area contributed by atoms with Gasteiger partial charge in [-0.15, -0.1) is 0 Å². The van der Waals surface area contributed by atoms with E-state index in [1.54, 1.807) is 7.11 Å². The predicted octanol–water partition coefficient (Wildman–Crippen LogP) is 3.08. The second-order valence-electron chi connectivity index (χ2n) is 5.76. The minimum Gasteiger partial charge on any atom is -0.497 e. The van der Waals surface area contributed by atoms with Gasteiger partial charge in [0.05, 0.1) is 7.11 Å². The lowest BCUT2D eigenvalue weighted by atomic mass is 9.80. The molecule has 1 heterocycles. The van der Waals surface area contributed by atoms with Gasteiger partial charge in [0, 0.05) is 23.9 Å². The number of nitrogens with zero attached hydrogens (tertiary/aromatic N) is 1. The molecule has 0 bridgehead atoms. The Morgan fingerprint density at radius 3 is 2.86 bits per heavy atom. The molecule has 1 aliphatic rings. The summed E-state index contributed by atoms with van der Waals surface area (Å²) in [5.41, 5.74) is 10.3. The molecule has 0 amide bonds. The molecule has 110 valence electrons. The van der Waals surface area contributed by atoms with E-state index in [0.29, 0.717) is 5.92 Å². The summed E-state index contributed by atoms with van der Waals surface area (Å²) < 4.78 is 5.20.